The van der Waals surface area contributed by atoms with Crippen molar-refractivity contribution in [2.24, 2.45) is 4.99 Å². The molecule has 34 heavy (non-hydrogen) atoms. The zero-order valence-corrected chi connectivity index (χ0v) is 20.1. The first-order chi connectivity index (χ1) is 16.4. The summed E-state index contributed by atoms with van der Waals surface area (Å²) in [4.78, 5) is 37.0. The first-order valence-electron chi connectivity index (χ1n) is 10.9. The number of ether oxygens (including phenoxy) is 1. The molecule has 8 heteroatoms. The number of aromatic nitrogens is 1. The van der Waals surface area contributed by atoms with Gasteiger partial charge >= 0.3 is 0 Å². The van der Waals surface area contributed by atoms with Crippen LogP contribution in [0.15, 0.2) is 71.9 Å². The Morgan fingerprint density at radius 2 is 1.94 bits per heavy atom. The van der Waals surface area contributed by atoms with Crippen LogP contribution in [0.4, 0.5) is 11.4 Å². The van der Waals surface area contributed by atoms with E-state index in [9.17, 15) is 9.59 Å². The second-order valence-corrected chi connectivity index (χ2v) is 9.16. The molecule has 3 aromatic rings. The second kappa shape index (κ2) is 10.5. The molecule has 2 aromatic carbocycles. The summed E-state index contributed by atoms with van der Waals surface area (Å²) in [5, 5.41) is 2.84. The van der Waals surface area contributed by atoms with Crippen LogP contribution < -0.4 is 10.1 Å². The van der Waals surface area contributed by atoms with Crippen molar-refractivity contribution in [3.8, 4) is 5.75 Å². The van der Waals surface area contributed by atoms with E-state index in [1.807, 2.05) is 62.4 Å². The SMILES string of the molecule is COc1ccccc1NC(=O)CC1SC(=Nc2cc(C)ccc2C)N(Cc2ccccn2)C1=O. The molecule has 0 aliphatic carbocycles. The molecular weight excluding hydrogens is 448 g/mol. The van der Waals surface area contributed by atoms with Crippen LogP contribution in [-0.2, 0) is 16.1 Å². The van der Waals surface area contributed by atoms with Gasteiger partial charge < -0.3 is 10.1 Å². The number of anilines is 1. The molecule has 0 bridgehead atoms. The lowest BCUT2D eigenvalue weighted by Gasteiger charge is -2.16. The highest BCUT2D eigenvalue weighted by Crippen LogP contribution is 2.34. The summed E-state index contributed by atoms with van der Waals surface area (Å²) in [5.74, 6) is 0.145. The van der Waals surface area contributed by atoms with Crippen molar-refractivity contribution in [1.29, 1.82) is 0 Å². The number of amides is 2. The summed E-state index contributed by atoms with van der Waals surface area (Å²) >= 11 is 1.31. The number of hydrogen-bond donors (Lipinski definition) is 1. The number of rotatable bonds is 7. The average molecular weight is 475 g/mol. The van der Waals surface area contributed by atoms with Crippen molar-refractivity contribution in [1.82, 2.24) is 9.88 Å². The number of hydrogen-bond acceptors (Lipinski definition) is 6. The molecule has 174 valence electrons. The molecule has 2 amide bonds. The lowest BCUT2D eigenvalue weighted by Crippen LogP contribution is -2.33. The van der Waals surface area contributed by atoms with Gasteiger partial charge in [0, 0.05) is 12.6 Å². The van der Waals surface area contributed by atoms with E-state index in [2.05, 4.69) is 10.3 Å². The summed E-state index contributed by atoms with van der Waals surface area (Å²) in [6, 6.07) is 18.8. The molecule has 7 nitrogen and oxygen atoms in total. The fraction of sp³-hybridized carbons (Fsp3) is 0.231. The first-order valence-corrected chi connectivity index (χ1v) is 11.8. The average Bonchev–Trinajstić information content (AvgIpc) is 3.11. The van der Waals surface area contributed by atoms with Gasteiger partial charge in [-0.25, -0.2) is 4.99 Å². The van der Waals surface area contributed by atoms with Crippen LogP contribution in [0.5, 0.6) is 5.75 Å². The quantitative estimate of drug-likeness (QED) is 0.528. The highest BCUT2D eigenvalue weighted by Gasteiger charge is 2.39. The number of nitrogens with one attached hydrogen (secondary N) is 1. The van der Waals surface area contributed by atoms with E-state index in [-0.39, 0.29) is 18.2 Å². The van der Waals surface area contributed by atoms with E-state index < -0.39 is 5.25 Å². The van der Waals surface area contributed by atoms with Crippen LogP contribution in [0, 0.1) is 13.8 Å². The molecule has 0 saturated carbocycles. The number of amidine groups is 1. The Bertz CT molecular complexity index is 1230. The topological polar surface area (TPSA) is 83.9 Å². The van der Waals surface area contributed by atoms with Gasteiger partial charge in [0.05, 0.1) is 30.7 Å². The molecule has 1 aliphatic heterocycles. The summed E-state index contributed by atoms with van der Waals surface area (Å²) in [7, 11) is 1.55. The number of carbonyl (C=O) groups excluding carboxylic acids is 2. The molecule has 2 heterocycles. The zero-order valence-electron chi connectivity index (χ0n) is 19.3. The summed E-state index contributed by atoms with van der Waals surface area (Å²) in [5.41, 5.74) is 4.23. The van der Waals surface area contributed by atoms with E-state index in [1.165, 1.54) is 11.8 Å². The fourth-order valence-electron chi connectivity index (χ4n) is 3.58. The minimum Gasteiger partial charge on any atom is -0.495 e. The third kappa shape index (κ3) is 5.46. The molecule has 1 saturated heterocycles. The third-order valence-corrected chi connectivity index (χ3v) is 6.57. The number of carbonyl (C=O) groups is 2. The van der Waals surface area contributed by atoms with Gasteiger partial charge in [-0.2, -0.15) is 0 Å². The number of thioether (sulfide) groups is 1. The first kappa shape index (κ1) is 23.5. The minimum absolute atomic E-state index is 0.0199. The van der Waals surface area contributed by atoms with Gasteiger partial charge in [-0.1, -0.05) is 42.1 Å². The molecule has 0 radical (unpaired) electrons. The van der Waals surface area contributed by atoms with E-state index >= 15 is 0 Å². The summed E-state index contributed by atoms with van der Waals surface area (Å²) in [6.07, 6.45) is 1.72. The van der Waals surface area contributed by atoms with Crippen molar-refractivity contribution >= 4 is 40.1 Å². The van der Waals surface area contributed by atoms with E-state index in [0.29, 0.717) is 23.1 Å². The highest BCUT2D eigenvalue weighted by atomic mass is 32.2. The van der Waals surface area contributed by atoms with Crippen molar-refractivity contribution in [3.63, 3.8) is 0 Å². The number of aryl methyl sites for hydroxylation is 2. The van der Waals surface area contributed by atoms with Crippen molar-refractivity contribution < 1.29 is 14.3 Å². The molecule has 1 aromatic heterocycles. The van der Waals surface area contributed by atoms with Gasteiger partial charge in [-0.3, -0.25) is 19.5 Å². The molecule has 1 N–H and O–H groups in total. The Hall–Kier alpha value is -3.65. The monoisotopic (exact) mass is 474 g/mol. The lowest BCUT2D eigenvalue weighted by atomic mass is 10.1. The van der Waals surface area contributed by atoms with Crippen molar-refractivity contribution in [2.45, 2.75) is 32.1 Å². The summed E-state index contributed by atoms with van der Waals surface area (Å²) < 4.78 is 5.30. The lowest BCUT2D eigenvalue weighted by molar-refractivity contribution is -0.128. The number of para-hydroxylation sites is 2. The van der Waals surface area contributed by atoms with E-state index in [0.717, 1.165) is 22.5 Å². The molecule has 1 atom stereocenters. The Balaban J connectivity index is 1.58. The predicted octanol–water partition coefficient (Wildman–Crippen LogP) is 4.87. The largest absolute Gasteiger partial charge is 0.495 e. The van der Waals surface area contributed by atoms with Gasteiger partial charge in [-0.15, -0.1) is 0 Å². The van der Waals surface area contributed by atoms with Crippen molar-refractivity contribution in [3.05, 3.63) is 83.7 Å². The minimum atomic E-state index is -0.581. The third-order valence-electron chi connectivity index (χ3n) is 5.40. The maximum atomic E-state index is 13.4. The van der Waals surface area contributed by atoms with Gasteiger partial charge in [0.1, 0.15) is 11.0 Å². The normalized spacial score (nSPS) is 16.7. The number of methoxy groups -OCH3 is 1. The van der Waals surface area contributed by atoms with Crippen molar-refractivity contribution in [2.75, 3.05) is 12.4 Å². The zero-order chi connectivity index (χ0) is 24.1. The Labute approximate surface area is 203 Å². The summed E-state index contributed by atoms with van der Waals surface area (Å²) in [6.45, 7) is 4.29. The standard InChI is InChI=1S/C26H26N4O3S/c1-17-11-12-18(2)21(14-17)29-26-30(16-19-8-6-7-13-27-19)25(32)23(34-26)15-24(31)28-20-9-4-5-10-22(20)33-3/h4-14,23H,15-16H2,1-3H3,(H,28,31). The van der Waals surface area contributed by atoms with Crippen LogP contribution in [0.25, 0.3) is 0 Å². The van der Waals surface area contributed by atoms with E-state index in [1.54, 1.807) is 30.3 Å². The molecule has 1 unspecified atom stereocenters. The van der Waals surface area contributed by atoms with Crippen LogP contribution in [0.3, 0.4) is 0 Å². The van der Waals surface area contributed by atoms with Crippen LogP contribution in [-0.4, -0.2) is 39.2 Å². The number of aliphatic imine (C=N–C) groups is 1. The molecule has 1 fully saturated rings. The van der Waals surface area contributed by atoms with Crippen LogP contribution in [0.1, 0.15) is 23.2 Å². The predicted molar refractivity (Wildman–Crippen MR) is 135 cm³/mol. The van der Waals surface area contributed by atoms with Gasteiger partial charge in [0.15, 0.2) is 5.17 Å². The van der Waals surface area contributed by atoms with Crippen LogP contribution in [0.2, 0.25) is 0 Å². The highest BCUT2D eigenvalue weighted by molar-refractivity contribution is 8.15. The maximum Gasteiger partial charge on any atom is 0.243 e. The Morgan fingerprint density at radius 3 is 2.71 bits per heavy atom. The fourth-order valence-corrected chi connectivity index (χ4v) is 4.73. The Morgan fingerprint density at radius 1 is 1.15 bits per heavy atom. The smallest absolute Gasteiger partial charge is 0.243 e. The van der Waals surface area contributed by atoms with Crippen LogP contribution >= 0.6 is 11.8 Å². The molecular formula is C26H26N4O3S. The number of nitrogens with zero attached hydrogens (tertiary/aromatic N) is 3. The molecule has 0 spiro atoms. The Kier molecular flexibility index (Phi) is 7.27. The maximum absolute atomic E-state index is 13.4. The van der Waals surface area contributed by atoms with Gasteiger partial charge in [0.25, 0.3) is 0 Å². The van der Waals surface area contributed by atoms with Gasteiger partial charge in [0.2, 0.25) is 11.8 Å². The van der Waals surface area contributed by atoms with Gasteiger partial charge in [-0.05, 0) is 55.3 Å². The number of pyridine rings is 1. The number of benzene rings is 2. The molecule has 4 rings (SSSR count). The van der Waals surface area contributed by atoms with E-state index in [4.69, 9.17) is 9.73 Å². The second-order valence-electron chi connectivity index (χ2n) is 7.99. The molecule has 1 aliphatic rings.